The topological polar surface area (TPSA) is 43.4 Å². The monoisotopic (exact) mass is 388 g/mol. The van der Waals surface area contributed by atoms with Crippen molar-refractivity contribution in [1.29, 1.82) is 0 Å². The Balaban J connectivity index is 1.61. The van der Waals surface area contributed by atoms with Gasteiger partial charge in [0.2, 0.25) is 0 Å². The molecule has 0 N–H and O–H groups in total. The number of Topliss-reactive ketones (excluding diaryl/α,β-unsaturated/α-hetero) is 2. The van der Waals surface area contributed by atoms with Crippen LogP contribution >= 0.6 is 0 Å². The zero-order valence-corrected chi connectivity index (χ0v) is 17.4. The molecule has 1 aliphatic carbocycles. The molecular formula is C26H28O3. The third-order valence-electron chi connectivity index (χ3n) is 7.29. The van der Waals surface area contributed by atoms with E-state index in [9.17, 15) is 9.59 Å². The lowest BCUT2D eigenvalue weighted by Gasteiger charge is -2.21. The summed E-state index contributed by atoms with van der Waals surface area (Å²) in [7, 11) is 0. The van der Waals surface area contributed by atoms with E-state index in [1.54, 1.807) is 0 Å². The molecule has 5 atom stereocenters. The van der Waals surface area contributed by atoms with Gasteiger partial charge in [0.1, 0.15) is 5.92 Å². The SMILES string of the molecule is CCc1cc(-c2ccc(C)cc2)cc(CC)c1C1C(=O)[C@@H]2C3CCC(O3)[C@@H]2C1=O. The van der Waals surface area contributed by atoms with Crippen LogP contribution in [0.3, 0.4) is 0 Å². The molecule has 2 saturated heterocycles. The lowest BCUT2D eigenvalue weighted by Crippen LogP contribution is -2.29. The maximum absolute atomic E-state index is 13.4. The lowest BCUT2D eigenvalue weighted by molar-refractivity contribution is -0.127. The fourth-order valence-corrected chi connectivity index (χ4v) is 5.86. The van der Waals surface area contributed by atoms with E-state index in [0.29, 0.717) is 0 Å². The number of hydrogen-bond donors (Lipinski definition) is 0. The molecule has 3 unspecified atom stereocenters. The van der Waals surface area contributed by atoms with Gasteiger partial charge in [0.15, 0.2) is 11.6 Å². The van der Waals surface area contributed by atoms with Crippen molar-refractivity contribution in [3.8, 4) is 11.1 Å². The molecule has 3 nitrogen and oxygen atoms in total. The van der Waals surface area contributed by atoms with Crippen molar-refractivity contribution in [2.45, 2.75) is 64.6 Å². The summed E-state index contributed by atoms with van der Waals surface area (Å²) in [4.78, 5) is 26.8. The number of carbonyl (C=O) groups excluding carboxylic acids is 2. The number of hydrogen-bond acceptors (Lipinski definition) is 3. The van der Waals surface area contributed by atoms with Crippen LogP contribution < -0.4 is 0 Å². The zero-order valence-electron chi connectivity index (χ0n) is 17.4. The molecule has 3 fully saturated rings. The Kier molecular flexibility index (Phi) is 4.47. The molecule has 29 heavy (non-hydrogen) atoms. The molecule has 0 amide bonds. The zero-order chi connectivity index (χ0) is 20.3. The average Bonchev–Trinajstić information content (AvgIpc) is 3.41. The predicted molar refractivity (Wildman–Crippen MR) is 113 cm³/mol. The summed E-state index contributed by atoms with van der Waals surface area (Å²) < 4.78 is 5.92. The molecular weight excluding hydrogens is 360 g/mol. The highest BCUT2D eigenvalue weighted by molar-refractivity contribution is 6.17. The van der Waals surface area contributed by atoms with Crippen molar-refractivity contribution in [3.63, 3.8) is 0 Å². The van der Waals surface area contributed by atoms with Crippen molar-refractivity contribution >= 4 is 11.6 Å². The molecule has 2 heterocycles. The summed E-state index contributed by atoms with van der Waals surface area (Å²) in [6, 6.07) is 12.9. The maximum atomic E-state index is 13.4. The quantitative estimate of drug-likeness (QED) is 0.706. The van der Waals surface area contributed by atoms with E-state index in [-0.39, 0.29) is 35.6 Å². The molecule has 0 aromatic heterocycles. The van der Waals surface area contributed by atoms with E-state index in [2.05, 4.69) is 57.2 Å². The normalized spacial score (nSPS) is 30.2. The first-order chi connectivity index (χ1) is 14.0. The van der Waals surface area contributed by atoms with Crippen molar-refractivity contribution in [1.82, 2.24) is 0 Å². The fraction of sp³-hybridized carbons (Fsp3) is 0.462. The van der Waals surface area contributed by atoms with E-state index in [0.717, 1.165) is 42.4 Å². The lowest BCUT2D eigenvalue weighted by atomic mass is 9.81. The van der Waals surface area contributed by atoms with Gasteiger partial charge < -0.3 is 4.74 Å². The number of ether oxygens (including phenoxy) is 1. The number of ketones is 2. The van der Waals surface area contributed by atoms with Gasteiger partial charge in [-0.1, -0.05) is 55.8 Å². The molecule has 2 aromatic carbocycles. The summed E-state index contributed by atoms with van der Waals surface area (Å²) >= 11 is 0. The standard InChI is InChI=1S/C26H28O3/c1-4-15-12-18(17-8-6-14(3)7-9-17)13-16(5-2)21(15)24-25(27)22-19-10-11-20(29-19)23(22)26(24)28/h6-9,12-13,19-20,22-24H,4-5,10-11H2,1-3H3/t19?,20?,22-,23+,24?. The van der Waals surface area contributed by atoms with Gasteiger partial charge in [0.05, 0.1) is 24.0 Å². The second-order valence-electron chi connectivity index (χ2n) is 8.86. The van der Waals surface area contributed by atoms with Crippen molar-refractivity contribution in [2.24, 2.45) is 11.8 Å². The Morgan fingerprint density at radius 2 is 1.34 bits per heavy atom. The van der Waals surface area contributed by atoms with E-state index in [1.807, 2.05) is 0 Å². The van der Waals surface area contributed by atoms with Crippen molar-refractivity contribution < 1.29 is 14.3 Å². The summed E-state index contributed by atoms with van der Waals surface area (Å²) in [5, 5.41) is 0. The second-order valence-corrected chi connectivity index (χ2v) is 8.86. The number of fused-ring (bicyclic) bond motifs is 5. The third kappa shape index (κ3) is 2.74. The molecule has 2 bridgehead atoms. The molecule has 2 aliphatic heterocycles. The van der Waals surface area contributed by atoms with Crippen molar-refractivity contribution in [3.05, 3.63) is 58.7 Å². The number of rotatable bonds is 4. The number of aryl methyl sites for hydroxylation is 3. The Morgan fingerprint density at radius 3 is 1.83 bits per heavy atom. The number of benzene rings is 2. The summed E-state index contributed by atoms with van der Waals surface area (Å²) in [6.45, 7) is 6.33. The highest BCUT2D eigenvalue weighted by Gasteiger charge is 2.63. The summed E-state index contributed by atoms with van der Waals surface area (Å²) in [5.74, 6) is -0.789. The van der Waals surface area contributed by atoms with Gasteiger partial charge in [-0.25, -0.2) is 0 Å². The van der Waals surface area contributed by atoms with Crippen LogP contribution in [0.1, 0.15) is 54.9 Å². The van der Waals surface area contributed by atoms with Crippen LogP contribution in [-0.2, 0) is 27.2 Å². The highest BCUT2D eigenvalue weighted by Crippen LogP contribution is 2.53. The first kappa shape index (κ1) is 18.7. The minimum absolute atomic E-state index is 0.0339. The van der Waals surface area contributed by atoms with Crippen LogP contribution in [-0.4, -0.2) is 23.8 Å². The second kappa shape index (κ2) is 6.91. The van der Waals surface area contributed by atoms with Gasteiger partial charge in [-0.3, -0.25) is 9.59 Å². The molecule has 3 aliphatic rings. The average molecular weight is 389 g/mol. The Hall–Kier alpha value is -2.26. The number of carbonyl (C=O) groups is 2. The largest absolute Gasteiger partial charge is 0.373 e. The Labute approximate surface area is 172 Å². The predicted octanol–water partition coefficient (Wildman–Crippen LogP) is 4.82. The molecule has 150 valence electrons. The van der Waals surface area contributed by atoms with Gasteiger partial charge >= 0.3 is 0 Å². The maximum Gasteiger partial charge on any atom is 0.154 e. The van der Waals surface area contributed by atoms with Crippen LogP contribution in [0.2, 0.25) is 0 Å². The first-order valence-electron chi connectivity index (χ1n) is 11.0. The van der Waals surface area contributed by atoms with Crippen LogP contribution in [0.5, 0.6) is 0 Å². The Bertz CT molecular complexity index is 935. The molecule has 1 saturated carbocycles. The van der Waals surface area contributed by atoms with Gasteiger partial charge in [0, 0.05) is 0 Å². The molecule has 0 radical (unpaired) electrons. The fourth-order valence-electron chi connectivity index (χ4n) is 5.86. The van der Waals surface area contributed by atoms with Gasteiger partial charge in [0.25, 0.3) is 0 Å². The summed E-state index contributed by atoms with van der Waals surface area (Å²) in [6.07, 6.45) is 3.41. The van der Waals surface area contributed by atoms with Crippen molar-refractivity contribution in [2.75, 3.05) is 0 Å². The highest BCUT2D eigenvalue weighted by atomic mass is 16.5. The third-order valence-corrected chi connectivity index (χ3v) is 7.29. The summed E-state index contributed by atoms with van der Waals surface area (Å²) in [5.41, 5.74) is 6.86. The van der Waals surface area contributed by atoms with Crippen LogP contribution in [0.4, 0.5) is 0 Å². The first-order valence-corrected chi connectivity index (χ1v) is 11.0. The van der Waals surface area contributed by atoms with E-state index >= 15 is 0 Å². The van der Waals surface area contributed by atoms with Gasteiger partial charge in [-0.15, -0.1) is 0 Å². The van der Waals surface area contributed by atoms with Crippen LogP contribution in [0.15, 0.2) is 36.4 Å². The molecule has 2 aromatic rings. The van der Waals surface area contributed by atoms with Crippen LogP contribution in [0, 0.1) is 18.8 Å². The van der Waals surface area contributed by atoms with E-state index < -0.39 is 5.92 Å². The van der Waals surface area contributed by atoms with E-state index in [4.69, 9.17) is 4.74 Å². The molecule has 3 heteroatoms. The minimum atomic E-state index is -0.589. The smallest absolute Gasteiger partial charge is 0.154 e. The Morgan fingerprint density at radius 1 is 0.828 bits per heavy atom. The van der Waals surface area contributed by atoms with Gasteiger partial charge in [-0.05, 0) is 60.4 Å². The van der Waals surface area contributed by atoms with E-state index in [1.165, 1.54) is 16.7 Å². The molecule has 0 spiro atoms. The van der Waals surface area contributed by atoms with Crippen LogP contribution in [0.25, 0.3) is 11.1 Å². The minimum Gasteiger partial charge on any atom is -0.373 e. The molecule has 5 rings (SSSR count). The van der Waals surface area contributed by atoms with Gasteiger partial charge in [-0.2, -0.15) is 0 Å².